The van der Waals surface area contributed by atoms with Crippen LogP contribution in [0.15, 0.2) is 42.5 Å². The number of benzene rings is 2. The summed E-state index contributed by atoms with van der Waals surface area (Å²) < 4.78 is 47.8. The smallest absolute Gasteiger partial charge is 0.225 e. The molecule has 0 unspecified atom stereocenters. The third kappa shape index (κ3) is 4.77. The van der Waals surface area contributed by atoms with Crippen molar-refractivity contribution in [1.29, 1.82) is 0 Å². The molecule has 1 heterocycles. The lowest BCUT2D eigenvalue weighted by atomic mass is 10.00. The fraction of sp³-hybridized carbons (Fsp3) is 0.381. The van der Waals surface area contributed by atoms with E-state index in [9.17, 15) is 17.6 Å². The maximum atomic E-state index is 14.1. The van der Waals surface area contributed by atoms with Crippen molar-refractivity contribution in [3.63, 3.8) is 0 Å². The number of carbonyl (C=O) groups is 1. The predicted molar refractivity (Wildman–Crippen MR) is 113 cm³/mol. The first kappa shape index (κ1) is 22.5. The van der Waals surface area contributed by atoms with Gasteiger partial charge in [-0.15, -0.1) is 0 Å². The zero-order valence-corrected chi connectivity index (χ0v) is 18.5. The van der Waals surface area contributed by atoms with Crippen molar-refractivity contribution in [2.75, 3.05) is 7.11 Å². The molecule has 1 aliphatic rings. The molecule has 6 nitrogen and oxygen atoms in total. The summed E-state index contributed by atoms with van der Waals surface area (Å²) in [5.41, 5.74) is 0.994. The van der Waals surface area contributed by atoms with Crippen LogP contribution in [0.25, 0.3) is 0 Å². The molecular formula is C21H24ClFN2O4S. The fourth-order valence-electron chi connectivity index (χ4n) is 3.86. The molecule has 3 rings (SSSR count). The molecule has 1 fully saturated rings. The monoisotopic (exact) mass is 454 g/mol. The lowest BCUT2D eigenvalue weighted by Gasteiger charge is -2.32. The van der Waals surface area contributed by atoms with E-state index >= 15 is 0 Å². The lowest BCUT2D eigenvalue weighted by Crippen LogP contribution is -2.42. The zero-order chi connectivity index (χ0) is 22.1. The Kier molecular flexibility index (Phi) is 6.69. The van der Waals surface area contributed by atoms with Gasteiger partial charge in [-0.05, 0) is 37.6 Å². The molecule has 0 spiro atoms. The van der Waals surface area contributed by atoms with E-state index in [2.05, 4.69) is 4.72 Å². The summed E-state index contributed by atoms with van der Waals surface area (Å²) in [7, 11) is -2.34. The van der Waals surface area contributed by atoms with E-state index < -0.39 is 27.9 Å². The summed E-state index contributed by atoms with van der Waals surface area (Å²) in [6, 6.07) is 9.55. The van der Waals surface area contributed by atoms with E-state index in [4.69, 9.17) is 16.3 Å². The minimum Gasteiger partial charge on any atom is -0.496 e. The van der Waals surface area contributed by atoms with Crippen molar-refractivity contribution in [3.8, 4) is 5.75 Å². The Labute approximate surface area is 181 Å². The van der Waals surface area contributed by atoms with Crippen LogP contribution < -0.4 is 9.46 Å². The summed E-state index contributed by atoms with van der Waals surface area (Å²) in [5.74, 6) is -0.654. The molecule has 0 aromatic heterocycles. The molecule has 0 aliphatic carbocycles. The van der Waals surface area contributed by atoms with Crippen LogP contribution >= 0.6 is 11.6 Å². The standard InChI is InChI=1S/C21H24ClFN2O4S/c1-13(2)25-20(26)11-18(21(25)14-8-9-16(22)17(23)10-14)24-30(27,28)12-15-6-4-5-7-19(15)29-3/h4-10,13,18,21,24H,11-12H2,1-3H3/t18-,21+/m1/s1. The second-order valence-electron chi connectivity index (χ2n) is 7.51. The summed E-state index contributed by atoms with van der Waals surface area (Å²) in [6.07, 6.45) is -0.0156. The Bertz CT molecular complexity index is 1050. The Morgan fingerprint density at radius 1 is 1.27 bits per heavy atom. The average molecular weight is 455 g/mol. The number of likely N-dealkylation sites (tertiary alicyclic amines) is 1. The van der Waals surface area contributed by atoms with Crippen molar-refractivity contribution < 1.29 is 22.3 Å². The molecule has 1 N–H and O–H groups in total. The minimum absolute atomic E-state index is 0.0156. The molecule has 162 valence electrons. The molecule has 1 aliphatic heterocycles. The molecule has 1 amide bonds. The second-order valence-corrected chi connectivity index (χ2v) is 9.67. The van der Waals surface area contributed by atoms with Crippen molar-refractivity contribution in [3.05, 3.63) is 64.4 Å². The number of nitrogens with one attached hydrogen (secondary N) is 1. The molecular weight excluding hydrogens is 431 g/mol. The first-order chi connectivity index (χ1) is 14.1. The minimum atomic E-state index is -3.81. The van der Waals surface area contributed by atoms with E-state index in [-0.39, 0.29) is 29.1 Å². The average Bonchev–Trinajstić information content (AvgIpc) is 2.99. The van der Waals surface area contributed by atoms with E-state index in [1.54, 1.807) is 35.2 Å². The summed E-state index contributed by atoms with van der Waals surface area (Å²) >= 11 is 5.80. The van der Waals surface area contributed by atoms with E-state index in [0.717, 1.165) is 0 Å². The van der Waals surface area contributed by atoms with Crippen LogP contribution in [0.5, 0.6) is 5.75 Å². The van der Waals surface area contributed by atoms with Gasteiger partial charge in [-0.1, -0.05) is 35.9 Å². The highest BCUT2D eigenvalue weighted by molar-refractivity contribution is 7.88. The number of hydrogen-bond acceptors (Lipinski definition) is 4. The van der Waals surface area contributed by atoms with Gasteiger partial charge in [0.25, 0.3) is 0 Å². The molecule has 0 radical (unpaired) electrons. The van der Waals surface area contributed by atoms with Crippen molar-refractivity contribution >= 4 is 27.5 Å². The van der Waals surface area contributed by atoms with Crippen molar-refractivity contribution in [1.82, 2.24) is 9.62 Å². The molecule has 2 atom stereocenters. The number of methoxy groups -OCH3 is 1. The molecule has 0 saturated carbocycles. The Morgan fingerprint density at radius 2 is 1.97 bits per heavy atom. The predicted octanol–water partition coefficient (Wildman–Crippen LogP) is 3.66. The van der Waals surface area contributed by atoms with Crippen LogP contribution in [0.1, 0.15) is 37.4 Å². The fourth-order valence-corrected chi connectivity index (χ4v) is 5.38. The van der Waals surface area contributed by atoms with E-state index in [0.29, 0.717) is 16.9 Å². The molecule has 1 saturated heterocycles. The van der Waals surface area contributed by atoms with Gasteiger partial charge in [-0.2, -0.15) is 0 Å². The largest absolute Gasteiger partial charge is 0.496 e. The molecule has 30 heavy (non-hydrogen) atoms. The van der Waals surface area contributed by atoms with Crippen LogP contribution in [0, 0.1) is 5.82 Å². The molecule has 2 aromatic carbocycles. The van der Waals surface area contributed by atoms with Crippen LogP contribution in [-0.2, 0) is 20.6 Å². The van der Waals surface area contributed by atoms with Gasteiger partial charge in [0.1, 0.15) is 11.6 Å². The van der Waals surface area contributed by atoms with Crippen LogP contribution in [0.2, 0.25) is 5.02 Å². The van der Waals surface area contributed by atoms with Crippen molar-refractivity contribution in [2.45, 2.75) is 44.1 Å². The number of amides is 1. The van der Waals surface area contributed by atoms with Gasteiger partial charge in [0.15, 0.2) is 0 Å². The van der Waals surface area contributed by atoms with Gasteiger partial charge < -0.3 is 9.64 Å². The number of para-hydroxylation sites is 1. The summed E-state index contributed by atoms with van der Waals surface area (Å²) in [5, 5.41) is -0.0347. The first-order valence-electron chi connectivity index (χ1n) is 9.51. The number of nitrogens with zero attached hydrogens (tertiary/aromatic N) is 1. The second kappa shape index (κ2) is 8.91. The quantitative estimate of drug-likeness (QED) is 0.692. The van der Waals surface area contributed by atoms with Crippen molar-refractivity contribution in [2.24, 2.45) is 0 Å². The van der Waals surface area contributed by atoms with Gasteiger partial charge in [-0.3, -0.25) is 4.79 Å². The third-order valence-electron chi connectivity index (χ3n) is 5.07. The highest BCUT2D eigenvalue weighted by Gasteiger charge is 2.43. The normalized spacial score (nSPS) is 19.5. The van der Waals surface area contributed by atoms with Gasteiger partial charge in [-0.25, -0.2) is 17.5 Å². The first-order valence-corrected chi connectivity index (χ1v) is 11.5. The van der Waals surface area contributed by atoms with Gasteiger partial charge in [0.2, 0.25) is 15.9 Å². The summed E-state index contributed by atoms with van der Waals surface area (Å²) in [6.45, 7) is 3.67. The number of ether oxygens (including phenoxy) is 1. The number of hydrogen-bond donors (Lipinski definition) is 1. The van der Waals surface area contributed by atoms with Crippen LogP contribution in [0.3, 0.4) is 0 Å². The number of carbonyl (C=O) groups excluding carboxylic acids is 1. The van der Waals surface area contributed by atoms with Crippen LogP contribution in [-0.4, -0.2) is 38.4 Å². The van der Waals surface area contributed by atoms with Crippen LogP contribution in [0.4, 0.5) is 4.39 Å². The summed E-state index contributed by atoms with van der Waals surface area (Å²) in [4.78, 5) is 14.2. The topological polar surface area (TPSA) is 75.7 Å². The Hall–Kier alpha value is -2.16. The number of rotatable bonds is 7. The highest BCUT2D eigenvalue weighted by atomic mass is 35.5. The Morgan fingerprint density at radius 3 is 2.60 bits per heavy atom. The maximum Gasteiger partial charge on any atom is 0.225 e. The molecule has 0 bridgehead atoms. The molecule has 9 heteroatoms. The van der Waals surface area contributed by atoms with Gasteiger partial charge >= 0.3 is 0 Å². The lowest BCUT2D eigenvalue weighted by molar-refractivity contribution is -0.130. The third-order valence-corrected chi connectivity index (χ3v) is 6.73. The van der Waals surface area contributed by atoms with E-state index in [1.807, 2.05) is 13.8 Å². The van der Waals surface area contributed by atoms with E-state index in [1.165, 1.54) is 19.2 Å². The molecule has 2 aromatic rings. The SMILES string of the molecule is COc1ccccc1CS(=O)(=O)N[C@@H]1CC(=O)N(C(C)C)[C@H]1c1ccc(Cl)c(F)c1. The number of halogens is 2. The van der Waals surface area contributed by atoms with Gasteiger partial charge in [0.05, 0.1) is 30.0 Å². The Balaban J connectivity index is 1.92. The zero-order valence-electron chi connectivity index (χ0n) is 16.9. The maximum absolute atomic E-state index is 14.1. The van der Waals surface area contributed by atoms with Gasteiger partial charge in [0, 0.05) is 18.0 Å². The highest BCUT2D eigenvalue weighted by Crippen LogP contribution is 2.36. The number of sulfonamides is 1.